The van der Waals surface area contributed by atoms with Crippen molar-refractivity contribution >= 4 is 0 Å². The summed E-state index contributed by atoms with van der Waals surface area (Å²) in [5.74, 6) is 0. The molecule has 0 N–H and O–H groups in total. The maximum absolute atomic E-state index is 4.35. The standard InChI is InChI=1S/C14H23N3/c1-12-4-5-13(10-15-12)11-17-8-6-14(7-9-17)16(2)3/h4-5,10,14H,6-9,11H2,1-3H3. The van der Waals surface area contributed by atoms with E-state index in [1.54, 1.807) is 0 Å². The zero-order chi connectivity index (χ0) is 12.3. The summed E-state index contributed by atoms with van der Waals surface area (Å²) in [4.78, 5) is 9.24. The van der Waals surface area contributed by atoms with Gasteiger partial charge in [-0.2, -0.15) is 0 Å². The number of rotatable bonds is 3. The number of nitrogens with zero attached hydrogens (tertiary/aromatic N) is 3. The molecule has 0 bridgehead atoms. The Bertz CT molecular complexity index is 337. The third kappa shape index (κ3) is 3.51. The van der Waals surface area contributed by atoms with Gasteiger partial charge in [-0.25, -0.2) is 0 Å². The third-order valence-corrected chi connectivity index (χ3v) is 3.67. The topological polar surface area (TPSA) is 19.4 Å². The van der Waals surface area contributed by atoms with Gasteiger partial charge in [0, 0.05) is 24.5 Å². The van der Waals surface area contributed by atoms with Gasteiger partial charge in [0.05, 0.1) is 0 Å². The molecule has 1 aliphatic rings. The maximum Gasteiger partial charge on any atom is 0.0372 e. The van der Waals surface area contributed by atoms with E-state index < -0.39 is 0 Å². The van der Waals surface area contributed by atoms with Gasteiger partial charge >= 0.3 is 0 Å². The van der Waals surface area contributed by atoms with Crippen molar-refractivity contribution in [2.24, 2.45) is 0 Å². The van der Waals surface area contributed by atoms with Crippen molar-refractivity contribution in [3.8, 4) is 0 Å². The Labute approximate surface area is 104 Å². The first-order valence-electron chi connectivity index (χ1n) is 6.45. The minimum atomic E-state index is 0.766. The molecule has 0 aliphatic carbocycles. The molecule has 0 spiro atoms. The van der Waals surface area contributed by atoms with Crippen LogP contribution in [-0.2, 0) is 6.54 Å². The molecule has 2 rings (SSSR count). The largest absolute Gasteiger partial charge is 0.306 e. The summed E-state index contributed by atoms with van der Waals surface area (Å²) in [6, 6.07) is 5.06. The molecule has 1 fully saturated rings. The zero-order valence-electron chi connectivity index (χ0n) is 11.2. The van der Waals surface area contributed by atoms with Crippen LogP contribution in [0.4, 0.5) is 0 Å². The highest BCUT2D eigenvalue weighted by Gasteiger charge is 2.20. The van der Waals surface area contributed by atoms with Gasteiger partial charge in [-0.05, 0) is 58.6 Å². The van der Waals surface area contributed by atoms with Crippen molar-refractivity contribution in [2.75, 3.05) is 27.2 Å². The van der Waals surface area contributed by atoms with E-state index in [0.29, 0.717) is 0 Å². The third-order valence-electron chi connectivity index (χ3n) is 3.67. The molecule has 0 aromatic carbocycles. The molecule has 0 saturated carbocycles. The van der Waals surface area contributed by atoms with Crippen LogP contribution >= 0.6 is 0 Å². The Morgan fingerprint density at radius 1 is 1.29 bits per heavy atom. The Morgan fingerprint density at radius 3 is 2.53 bits per heavy atom. The van der Waals surface area contributed by atoms with Gasteiger partial charge in [0.2, 0.25) is 0 Å². The first kappa shape index (κ1) is 12.5. The Balaban J connectivity index is 1.84. The fraction of sp³-hybridized carbons (Fsp3) is 0.643. The number of piperidine rings is 1. The molecule has 0 amide bonds. The normalized spacial score (nSPS) is 18.8. The summed E-state index contributed by atoms with van der Waals surface area (Å²) in [7, 11) is 4.37. The Hall–Kier alpha value is -0.930. The summed E-state index contributed by atoms with van der Waals surface area (Å²) in [6.45, 7) is 5.49. The monoisotopic (exact) mass is 233 g/mol. The first-order valence-corrected chi connectivity index (χ1v) is 6.45. The lowest BCUT2D eigenvalue weighted by atomic mass is 10.0. The van der Waals surface area contributed by atoms with Crippen LogP contribution in [0.15, 0.2) is 18.3 Å². The van der Waals surface area contributed by atoms with Crippen molar-refractivity contribution < 1.29 is 0 Å². The number of likely N-dealkylation sites (tertiary alicyclic amines) is 1. The molecule has 1 aliphatic heterocycles. The van der Waals surface area contributed by atoms with Crippen LogP contribution in [0.1, 0.15) is 24.1 Å². The second kappa shape index (κ2) is 5.61. The molecule has 17 heavy (non-hydrogen) atoms. The van der Waals surface area contributed by atoms with E-state index in [0.717, 1.165) is 18.3 Å². The minimum Gasteiger partial charge on any atom is -0.306 e. The number of hydrogen-bond donors (Lipinski definition) is 0. The van der Waals surface area contributed by atoms with Crippen molar-refractivity contribution in [1.82, 2.24) is 14.8 Å². The van der Waals surface area contributed by atoms with Crippen LogP contribution in [0.2, 0.25) is 0 Å². The second-order valence-electron chi connectivity index (χ2n) is 5.28. The van der Waals surface area contributed by atoms with Gasteiger partial charge in [0.15, 0.2) is 0 Å². The van der Waals surface area contributed by atoms with Crippen molar-refractivity contribution in [3.05, 3.63) is 29.6 Å². The quantitative estimate of drug-likeness (QED) is 0.795. The fourth-order valence-corrected chi connectivity index (χ4v) is 2.44. The predicted octanol–water partition coefficient (Wildman–Crippen LogP) is 1.92. The number of aryl methyl sites for hydroxylation is 1. The van der Waals surface area contributed by atoms with Crippen molar-refractivity contribution in [3.63, 3.8) is 0 Å². The summed E-state index contributed by atoms with van der Waals surface area (Å²) < 4.78 is 0. The molecule has 0 radical (unpaired) electrons. The minimum absolute atomic E-state index is 0.766. The lowest BCUT2D eigenvalue weighted by Gasteiger charge is -2.35. The van der Waals surface area contributed by atoms with Gasteiger partial charge in [-0.15, -0.1) is 0 Å². The van der Waals surface area contributed by atoms with Crippen LogP contribution in [0, 0.1) is 6.92 Å². The number of aromatic nitrogens is 1. The highest BCUT2D eigenvalue weighted by molar-refractivity contribution is 5.13. The van der Waals surface area contributed by atoms with Crippen molar-refractivity contribution in [1.29, 1.82) is 0 Å². The number of pyridine rings is 1. The van der Waals surface area contributed by atoms with E-state index in [2.05, 4.69) is 41.0 Å². The molecule has 0 atom stereocenters. The molecule has 3 nitrogen and oxygen atoms in total. The van der Waals surface area contributed by atoms with E-state index in [1.807, 2.05) is 13.1 Å². The zero-order valence-corrected chi connectivity index (χ0v) is 11.2. The van der Waals surface area contributed by atoms with Crippen LogP contribution in [0.25, 0.3) is 0 Å². The van der Waals surface area contributed by atoms with Gasteiger partial charge < -0.3 is 4.90 Å². The summed E-state index contributed by atoms with van der Waals surface area (Å²) >= 11 is 0. The average Bonchev–Trinajstić information content (AvgIpc) is 2.33. The molecule has 0 unspecified atom stereocenters. The summed E-state index contributed by atoms with van der Waals surface area (Å²) in [5, 5.41) is 0. The van der Waals surface area contributed by atoms with Crippen LogP contribution in [0.5, 0.6) is 0 Å². The van der Waals surface area contributed by atoms with Gasteiger partial charge in [0.25, 0.3) is 0 Å². The molecular weight excluding hydrogens is 210 g/mol. The van der Waals surface area contributed by atoms with Gasteiger partial charge in [-0.1, -0.05) is 6.07 Å². The second-order valence-corrected chi connectivity index (χ2v) is 5.28. The summed E-state index contributed by atoms with van der Waals surface area (Å²) in [5.41, 5.74) is 2.43. The summed E-state index contributed by atoms with van der Waals surface area (Å²) in [6.07, 6.45) is 4.58. The molecule has 94 valence electrons. The van der Waals surface area contributed by atoms with Crippen molar-refractivity contribution in [2.45, 2.75) is 32.4 Å². The first-order chi connectivity index (χ1) is 8.15. The van der Waals surface area contributed by atoms with Crippen LogP contribution in [-0.4, -0.2) is 48.0 Å². The maximum atomic E-state index is 4.35. The molecule has 3 heteroatoms. The van der Waals surface area contributed by atoms with Crippen LogP contribution in [0.3, 0.4) is 0 Å². The van der Waals surface area contributed by atoms with Crippen LogP contribution < -0.4 is 0 Å². The Morgan fingerprint density at radius 2 is 2.00 bits per heavy atom. The van der Waals surface area contributed by atoms with E-state index in [-0.39, 0.29) is 0 Å². The molecule has 1 aromatic rings. The van der Waals surface area contributed by atoms with Gasteiger partial charge in [-0.3, -0.25) is 9.88 Å². The van der Waals surface area contributed by atoms with E-state index in [4.69, 9.17) is 0 Å². The molecule has 2 heterocycles. The average molecular weight is 233 g/mol. The number of hydrogen-bond acceptors (Lipinski definition) is 3. The van der Waals surface area contributed by atoms with Gasteiger partial charge in [0.1, 0.15) is 0 Å². The molecular formula is C14H23N3. The van der Waals surface area contributed by atoms with E-state index >= 15 is 0 Å². The smallest absolute Gasteiger partial charge is 0.0372 e. The fourth-order valence-electron chi connectivity index (χ4n) is 2.44. The van der Waals surface area contributed by atoms with E-state index in [9.17, 15) is 0 Å². The SMILES string of the molecule is Cc1ccc(CN2CCC(N(C)C)CC2)cn1. The molecule has 1 aromatic heterocycles. The predicted molar refractivity (Wildman–Crippen MR) is 71.0 cm³/mol. The highest BCUT2D eigenvalue weighted by atomic mass is 15.2. The lowest BCUT2D eigenvalue weighted by molar-refractivity contribution is 0.140. The lowest BCUT2D eigenvalue weighted by Crippen LogP contribution is -2.41. The highest BCUT2D eigenvalue weighted by Crippen LogP contribution is 2.16. The molecule has 1 saturated heterocycles. The van der Waals surface area contributed by atoms with E-state index in [1.165, 1.54) is 31.5 Å². The Kier molecular flexibility index (Phi) is 4.13.